The minimum Gasteiger partial charge on any atom is -0.495 e. The SMILES string of the molecule is COc1ccc(Cl)cc1NS(=O)(=O)c1cccc(C(=O)NCC(C(C)C)N2CCOCC2)c1. The van der Waals surface area contributed by atoms with Crippen molar-refractivity contribution in [2.24, 2.45) is 5.92 Å². The number of amides is 1. The number of nitrogens with one attached hydrogen (secondary N) is 2. The lowest BCUT2D eigenvalue weighted by molar-refractivity contribution is 0.00672. The highest BCUT2D eigenvalue weighted by Crippen LogP contribution is 2.30. The highest BCUT2D eigenvalue weighted by atomic mass is 35.5. The smallest absolute Gasteiger partial charge is 0.262 e. The van der Waals surface area contributed by atoms with Crippen LogP contribution in [0.25, 0.3) is 0 Å². The van der Waals surface area contributed by atoms with E-state index in [1.807, 2.05) is 0 Å². The second-order valence-corrected chi connectivity index (χ2v) is 10.3. The summed E-state index contributed by atoms with van der Waals surface area (Å²) in [6, 6.07) is 10.7. The van der Waals surface area contributed by atoms with Gasteiger partial charge in [0.05, 0.1) is 30.9 Å². The van der Waals surface area contributed by atoms with Crippen LogP contribution < -0.4 is 14.8 Å². The molecule has 33 heavy (non-hydrogen) atoms. The molecular formula is C23H30ClN3O5S. The van der Waals surface area contributed by atoms with Crippen LogP contribution in [0.2, 0.25) is 5.02 Å². The first kappa shape index (κ1) is 25.3. The molecule has 3 rings (SSSR count). The van der Waals surface area contributed by atoms with Gasteiger partial charge in [0, 0.05) is 36.3 Å². The Morgan fingerprint density at radius 3 is 2.58 bits per heavy atom. The number of hydrogen-bond donors (Lipinski definition) is 2. The average Bonchev–Trinajstić information content (AvgIpc) is 2.79. The Balaban J connectivity index is 1.73. The molecule has 0 saturated carbocycles. The Morgan fingerprint density at radius 2 is 1.91 bits per heavy atom. The zero-order chi connectivity index (χ0) is 24.0. The van der Waals surface area contributed by atoms with Crippen LogP contribution in [0.1, 0.15) is 24.2 Å². The molecule has 2 N–H and O–H groups in total. The Kier molecular flexibility index (Phi) is 8.58. The summed E-state index contributed by atoms with van der Waals surface area (Å²) in [6.45, 7) is 7.72. The zero-order valence-corrected chi connectivity index (χ0v) is 20.6. The van der Waals surface area contributed by atoms with Crippen molar-refractivity contribution in [3.63, 3.8) is 0 Å². The van der Waals surface area contributed by atoms with Gasteiger partial charge in [-0.3, -0.25) is 14.4 Å². The third-order valence-electron chi connectivity index (χ3n) is 5.57. The van der Waals surface area contributed by atoms with Crippen LogP contribution in [-0.4, -0.2) is 65.2 Å². The number of rotatable bonds is 9. The highest BCUT2D eigenvalue weighted by Gasteiger charge is 2.25. The lowest BCUT2D eigenvalue weighted by atomic mass is 10.0. The Hall–Kier alpha value is -2.33. The summed E-state index contributed by atoms with van der Waals surface area (Å²) in [5.41, 5.74) is 0.477. The number of sulfonamides is 1. The first-order chi connectivity index (χ1) is 15.7. The Labute approximate surface area is 200 Å². The quantitative estimate of drug-likeness (QED) is 0.554. The number of halogens is 1. The van der Waals surface area contributed by atoms with Crippen LogP contribution in [0, 0.1) is 5.92 Å². The Morgan fingerprint density at radius 1 is 1.18 bits per heavy atom. The van der Waals surface area contributed by atoms with Crippen LogP contribution in [0.3, 0.4) is 0 Å². The summed E-state index contributed by atoms with van der Waals surface area (Å²) in [6.07, 6.45) is 0. The predicted molar refractivity (Wildman–Crippen MR) is 129 cm³/mol. The fourth-order valence-corrected chi connectivity index (χ4v) is 5.04. The standard InChI is InChI=1S/C23H30ClN3O5S/c1-16(2)21(27-9-11-32-12-10-27)15-25-23(28)17-5-4-6-19(13-17)33(29,30)26-20-14-18(24)7-8-22(20)31-3/h4-8,13-14,16,21,26H,9-12,15H2,1-3H3,(H,25,28). The van der Waals surface area contributed by atoms with Crippen LogP contribution in [-0.2, 0) is 14.8 Å². The second kappa shape index (κ2) is 11.2. The first-order valence-corrected chi connectivity index (χ1v) is 12.6. The second-order valence-electron chi connectivity index (χ2n) is 8.15. The maximum Gasteiger partial charge on any atom is 0.262 e. The van der Waals surface area contributed by atoms with Crippen LogP contribution in [0.4, 0.5) is 5.69 Å². The maximum atomic E-state index is 13.0. The van der Waals surface area contributed by atoms with Gasteiger partial charge in [0.15, 0.2) is 0 Å². The molecule has 1 amide bonds. The molecular weight excluding hydrogens is 466 g/mol. The van der Waals surface area contributed by atoms with Crippen LogP contribution >= 0.6 is 11.6 Å². The number of carbonyl (C=O) groups is 1. The average molecular weight is 496 g/mol. The van der Waals surface area contributed by atoms with Crippen molar-refractivity contribution in [1.82, 2.24) is 10.2 Å². The minimum absolute atomic E-state index is 0.0363. The van der Waals surface area contributed by atoms with Crippen molar-refractivity contribution in [1.29, 1.82) is 0 Å². The van der Waals surface area contributed by atoms with Gasteiger partial charge in [-0.05, 0) is 42.3 Å². The first-order valence-electron chi connectivity index (χ1n) is 10.8. The molecule has 1 saturated heterocycles. The maximum absolute atomic E-state index is 13.0. The van der Waals surface area contributed by atoms with Crippen molar-refractivity contribution >= 4 is 33.2 Å². The third kappa shape index (κ3) is 6.60. The van der Waals surface area contributed by atoms with Gasteiger partial charge in [0.25, 0.3) is 15.9 Å². The third-order valence-corrected chi connectivity index (χ3v) is 7.17. The summed E-state index contributed by atoms with van der Waals surface area (Å²) < 4.78 is 39.0. The van der Waals surface area contributed by atoms with Crippen molar-refractivity contribution in [3.8, 4) is 5.75 Å². The van der Waals surface area contributed by atoms with E-state index >= 15 is 0 Å². The summed E-state index contributed by atoms with van der Waals surface area (Å²) in [5, 5.41) is 3.32. The molecule has 10 heteroatoms. The number of ether oxygens (including phenoxy) is 2. The van der Waals surface area contributed by atoms with Gasteiger partial charge in [-0.15, -0.1) is 0 Å². The van der Waals surface area contributed by atoms with E-state index in [2.05, 4.69) is 28.8 Å². The molecule has 8 nitrogen and oxygen atoms in total. The Bertz CT molecular complexity index is 1070. The number of benzene rings is 2. The molecule has 0 bridgehead atoms. The zero-order valence-electron chi connectivity index (χ0n) is 19.0. The molecule has 2 aromatic rings. The van der Waals surface area contributed by atoms with Crippen LogP contribution in [0.5, 0.6) is 5.75 Å². The van der Waals surface area contributed by atoms with Crippen molar-refractivity contribution < 1.29 is 22.7 Å². The molecule has 2 aromatic carbocycles. The normalized spacial score (nSPS) is 15.8. The summed E-state index contributed by atoms with van der Waals surface area (Å²) in [7, 11) is -2.53. The van der Waals surface area contributed by atoms with Crippen molar-refractivity contribution in [2.45, 2.75) is 24.8 Å². The van der Waals surface area contributed by atoms with E-state index < -0.39 is 10.0 Å². The lowest BCUT2D eigenvalue weighted by Crippen LogP contribution is -2.51. The van der Waals surface area contributed by atoms with Gasteiger partial charge in [0.1, 0.15) is 5.75 Å². The van der Waals surface area contributed by atoms with E-state index in [1.54, 1.807) is 24.3 Å². The molecule has 0 aliphatic carbocycles. The molecule has 1 atom stereocenters. The number of carbonyl (C=O) groups excluding carboxylic acids is 1. The number of methoxy groups -OCH3 is 1. The van der Waals surface area contributed by atoms with E-state index in [-0.39, 0.29) is 28.1 Å². The number of hydrogen-bond acceptors (Lipinski definition) is 6. The van der Waals surface area contributed by atoms with Gasteiger partial charge in [-0.1, -0.05) is 31.5 Å². The molecule has 1 unspecified atom stereocenters. The molecule has 1 aliphatic rings. The van der Waals surface area contributed by atoms with Gasteiger partial charge < -0.3 is 14.8 Å². The van der Waals surface area contributed by atoms with Gasteiger partial charge >= 0.3 is 0 Å². The van der Waals surface area contributed by atoms with E-state index in [1.165, 1.54) is 25.3 Å². The van der Waals surface area contributed by atoms with Crippen LogP contribution in [0.15, 0.2) is 47.4 Å². The number of nitrogens with zero attached hydrogens (tertiary/aromatic N) is 1. The fourth-order valence-electron chi connectivity index (χ4n) is 3.76. The molecule has 0 aromatic heterocycles. The van der Waals surface area contributed by atoms with Gasteiger partial charge in [-0.25, -0.2) is 8.42 Å². The molecule has 0 spiro atoms. The summed E-state index contributed by atoms with van der Waals surface area (Å²) >= 11 is 6.00. The highest BCUT2D eigenvalue weighted by molar-refractivity contribution is 7.92. The largest absolute Gasteiger partial charge is 0.495 e. The van der Waals surface area contributed by atoms with Gasteiger partial charge in [0.2, 0.25) is 0 Å². The molecule has 1 fully saturated rings. The van der Waals surface area contributed by atoms with E-state index in [0.717, 1.165) is 13.1 Å². The minimum atomic E-state index is -3.97. The lowest BCUT2D eigenvalue weighted by Gasteiger charge is -2.36. The van der Waals surface area contributed by atoms with E-state index in [0.29, 0.717) is 36.4 Å². The van der Waals surface area contributed by atoms with E-state index in [4.69, 9.17) is 21.1 Å². The summed E-state index contributed by atoms with van der Waals surface area (Å²) in [4.78, 5) is 15.1. The number of morpholine rings is 1. The van der Waals surface area contributed by atoms with Crippen molar-refractivity contribution in [3.05, 3.63) is 53.1 Å². The molecule has 1 heterocycles. The topological polar surface area (TPSA) is 97.0 Å². The molecule has 180 valence electrons. The fraction of sp³-hybridized carbons (Fsp3) is 0.435. The van der Waals surface area contributed by atoms with Crippen molar-refractivity contribution in [2.75, 3.05) is 44.7 Å². The summed E-state index contributed by atoms with van der Waals surface area (Å²) in [5.74, 6) is 0.345. The predicted octanol–water partition coefficient (Wildman–Crippen LogP) is 3.24. The molecule has 0 radical (unpaired) electrons. The number of anilines is 1. The monoisotopic (exact) mass is 495 g/mol. The van der Waals surface area contributed by atoms with Gasteiger partial charge in [-0.2, -0.15) is 0 Å². The van der Waals surface area contributed by atoms with E-state index in [9.17, 15) is 13.2 Å². The molecule has 1 aliphatic heterocycles.